The molecule has 2 spiro atoms. The highest BCUT2D eigenvalue weighted by Crippen LogP contribution is 2.62. The van der Waals surface area contributed by atoms with Crippen molar-refractivity contribution in [3.8, 4) is 16.9 Å². The van der Waals surface area contributed by atoms with Gasteiger partial charge in [0.2, 0.25) is 17.5 Å². The number of hydrogen-bond acceptors (Lipinski definition) is 8. The summed E-state index contributed by atoms with van der Waals surface area (Å²) in [6.07, 6.45) is 12.0. The molecule has 256 valence electrons. The Labute approximate surface area is 290 Å². The standard InChI is InChI=1S/C38H46BrN3O6/c1-23(42-32-22-33(44-2)34(26-7-9-30(39)10-8-26)31-6-4-15-40-35(31)32)5-3-16-41-36(43)27-11-13-37(14-12-27)45-47-38(48-46-37)28-18-24-17-25(20-28)21-29(38)19-24/h4,6-10,15,22-25,27-29,42H,3,5,11-14,16-21H2,1-2H3,(H,41,43). The molecule has 5 aliphatic carbocycles. The van der Waals surface area contributed by atoms with Crippen LogP contribution in [0.25, 0.3) is 22.0 Å². The molecule has 9 rings (SSSR count). The normalized spacial score (nSPS) is 32.9. The van der Waals surface area contributed by atoms with Gasteiger partial charge in [-0.3, -0.25) is 9.78 Å². The molecule has 1 aliphatic heterocycles. The van der Waals surface area contributed by atoms with Gasteiger partial charge >= 0.3 is 0 Å². The van der Waals surface area contributed by atoms with Crippen LogP contribution in [-0.4, -0.2) is 42.2 Å². The average Bonchev–Trinajstić information content (AvgIpc) is 3.10. The molecule has 9 nitrogen and oxygen atoms in total. The van der Waals surface area contributed by atoms with E-state index in [1.807, 2.05) is 30.5 Å². The van der Waals surface area contributed by atoms with E-state index in [4.69, 9.17) is 29.3 Å². The van der Waals surface area contributed by atoms with E-state index in [1.54, 1.807) is 7.11 Å². The Bertz CT molecular complexity index is 1600. The summed E-state index contributed by atoms with van der Waals surface area (Å²) in [5, 5.41) is 7.86. The molecular formula is C38H46BrN3O6. The molecule has 10 heteroatoms. The SMILES string of the molecule is COc1cc(NC(C)CCCNC(=O)C2CCC3(CC2)OOC2(OO3)C3CC4CC(C3)CC2C4)c2ncccc2c1-c1ccc(Br)cc1. The smallest absolute Gasteiger partial charge is 0.239 e. The number of halogens is 1. The van der Waals surface area contributed by atoms with Crippen molar-refractivity contribution in [3.63, 3.8) is 0 Å². The number of nitrogens with zero attached hydrogens (tertiary/aromatic N) is 1. The van der Waals surface area contributed by atoms with E-state index in [0.29, 0.717) is 44.1 Å². The first-order valence-corrected chi connectivity index (χ1v) is 18.6. The van der Waals surface area contributed by atoms with Gasteiger partial charge in [-0.05, 0) is 100 Å². The molecule has 1 atom stereocenters. The third-order valence-electron chi connectivity index (χ3n) is 11.8. The number of fused-ring (bicyclic) bond motifs is 1. The van der Waals surface area contributed by atoms with Crippen molar-refractivity contribution in [1.29, 1.82) is 0 Å². The zero-order valence-corrected chi connectivity index (χ0v) is 29.4. The number of nitrogens with one attached hydrogen (secondary N) is 2. The van der Waals surface area contributed by atoms with Crippen LogP contribution in [-0.2, 0) is 24.3 Å². The van der Waals surface area contributed by atoms with Crippen molar-refractivity contribution < 1.29 is 29.1 Å². The summed E-state index contributed by atoms with van der Waals surface area (Å²) < 4.78 is 6.90. The zero-order valence-electron chi connectivity index (χ0n) is 27.8. The van der Waals surface area contributed by atoms with Gasteiger partial charge in [0.25, 0.3) is 0 Å². The molecule has 2 N–H and O–H groups in total. The highest BCUT2D eigenvalue weighted by Gasteiger charge is 2.64. The molecule has 2 heterocycles. The first-order chi connectivity index (χ1) is 23.3. The van der Waals surface area contributed by atoms with Crippen LogP contribution in [0.4, 0.5) is 5.69 Å². The van der Waals surface area contributed by atoms with Crippen molar-refractivity contribution >= 4 is 38.4 Å². The summed E-state index contributed by atoms with van der Waals surface area (Å²) in [6.45, 7) is 2.79. The molecular weight excluding hydrogens is 674 g/mol. The van der Waals surface area contributed by atoms with Gasteiger partial charge in [0.05, 0.1) is 18.3 Å². The summed E-state index contributed by atoms with van der Waals surface area (Å²) >= 11 is 3.53. The van der Waals surface area contributed by atoms with Crippen LogP contribution in [0.2, 0.25) is 0 Å². The second-order valence-corrected chi connectivity index (χ2v) is 15.8. The van der Waals surface area contributed by atoms with Crippen molar-refractivity contribution in [3.05, 3.63) is 53.1 Å². The molecule has 48 heavy (non-hydrogen) atoms. The lowest BCUT2D eigenvalue weighted by Crippen LogP contribution is -2.64. The summed E-state index contributed by atoms with van der Waals surface area (Å²) in [5.41, 5.74) is 3.94. The second-order valence-electron chi connectivity index (χ2n) is 14.9. The minimum atomic E-state index is -0.907. The Hall–Kier alpha value is -2.76. The molecule has 0 radical (unpaired) electrons. The second kappa shape index (κ2) is 13.2. The van der Waals surface area contributed by atoms with E-state index in [-0.39, 0.29) is 17.9 Å². The topological polar surface area (TPSA) is 100 Å². The molecule has 5 saturated carbocycles. The molecule has 6 aliphatic rings. The highest BCUT2D eigenvalue weighted by molar-refractivity contribution is 9.10. The molecule has 4 bridgehead atoms. The Balaban J connectivity index is 0.810. The monoisotopic (exact) mass is 719 g/mol. The van der Waals surface area contributed by atoms with Gasteiger partial charge in [0, 0.05) is 70.9 Å². The molecule has 1 saturated heterocycles. The quantitative estimate of drug-likeness (QED) is 0.168. The van der Waals surface area contributed by atoms with E-state index in [1.165, 1.54) is 6.42 Å². The fourth-order valence-electron chi connectivity index (χ4n) is 9.42. The lowest BCUT2D eigenvalue weighted by Gasteiger charge is -2.60. The van der Waals surface area contributed by atoms with Gasteiger partial charge in [-0.15, -0.1) is 0 Å². The Kier molecular flexibility index (Phi) is 8.90. The first kappa shape index (κ1) is 32.4. The van der Waals surface area contributed by atoms with Crippen LogP contribution >= 0.6 is 15.9 Å². The van der Waals surface area contributed by atoms with Crippen molar-refractivity contribution in [2.75, 3.05) is 19.0 Å². The molecule has 2 aromatic carbocycles. The van der Waals surface area contributed by atoms with E-state index in [9.17, 15) is 4.79 Å². The number of aromatic nitrogens is 1. The summed E-state index contributed by atoms with van der Waals surface area (Å²) in [5.74, 6) is 1.50. The number of anilines is 1. The molecule has 6 fully saturated rings. The van der Waals surface area contributed by atoms with Crippen LogP contribution in [0.5, 0.6) is 5.75 Å². The van der Waals surface area contributed by atoms with Crippen LogP contribution in [0, 0.1) is 29.6 Å². The van der Waals surface area contributed by atoms with Gasteiger partial charge in [-0.2, -0.15) is 19.6 Å². The Morgan fingerprint density at radius 1 is 1.00 bits per heavy atom. The average molecular weight is 721 g/mol. The van der Waals surface area contributed by atoms with Crippen molar-refractivity contribution in [2.45, 2.75) is 95.2 Å². The summed E-state index contributed by atoms with van der Waals surface area (Å²) in [6, 6.07) is 14.5. The number of hydrogen-bond donors (Lipinski definition) is 2. The molecule has 3 aromatic rings. The third-order valence-corrected chi connectivity index (χ3v) is 12.3. The van der Waals surface area contributed by atoms with Gasteiger partial charge in [0.1, 0.15) is 5.75 Å². The van der Waals surface area contributed by atoms with Gasteiger partial charge in [-0.25, -0.2) is 0 Å². The lowest BCUT2D eigenvalue weighted by atomic mass is 9.53. The number of rotatable bonds is 9. The van der Waals surface area contributed by atoms with E-state index in [2.05, 4.69) is 51.7 Å². The fourth-order valence-corrected chi connectivity index (χ4v) is 9.69. The van der Waals surface area contributed by atoms with Gasteiger partial charge in [0.15, 0.2) is 0 Å². The highest BCUT2D eigenvalue weighted by atomic mass is 79.9. The van der Waals surface area contributed by atoms with Crippen LogP contribution in [0.1, 0.15) is 77.6 Å². The molecule has 1 aromatic heterocycles. The van der Waals surface area contributed by atoms with Gasteiger partial charge < -0.3 is 15.4 Å². The fraction of sp³-hybridized carbons (Fsp3) is 0.579. The molecule has 1 amide bonds. The number of carbonyl (C=O) groups excluding carboxylic acids is 1. The van der Waals surface area contributed by atoms with Gasteiger partial charge in [-0.1, -0.05) is 34.1 Å². The van der Waals surface area contributed by atoms with Crippen LogP contribution in [0.3, 0.4) is 0 Å². The van der Waals surface area contributed by atoms with Crippen molar-refractivity contribution in [2.24, 2.45) is 29.6 Å². The lowest BCUT2D eigenvalue weighted by molar-refractivity contribution is -0.680. The number of ether oxygens (including phenoxy) is 1. The number of benzene rings is 2. The number of methoxy groups -OCH3 is 1. The minimum absolute atomic E-state index is 0.0652. The maximum atomic E-state index is 13.1. The van der Waals surface area contributed by atoms with E-state index < -0.39 is 11.6 Å². The van der Waals surface area contributed by atoms with E-state index >= 15 is 0 Å². The molecule has 1 unspecified atom stereocenters. The van der Waals surface area contributed by atoms with Crippen LogP contribution < -0.4 is 15.4 Å². The summed E-state index contributed by atoms with van der Waals surface area (Å²) in [4.78, 5) is 42.3. The van der Waals surface area contributed by atoms with E-state index in [0.717, 1.165) is 88.3 Å². The number of amides is 1. The maximum absolute atomic E-state index is 13.1. The largest absolute Gasteiger partial charge is 0.496 e. The van der Waals surface area contributed by atoms with Crippen molar-refractivity contribution in [1.82, 2.24) is 10.3 Å². The van der Waals surface area contributed by atoms with Crippen LogP contribution in [0.15, 0.2) is 53.1 Å². The summed E-state index contributed by atoms with van der Waals surface area (Å²) in [7, 11) is 1.71. The number of pyridine rings is 1. The maximum Gasteiger partial charge on any atom is 0.239 e. The Morgan fingerprint density at radius 2 is 1.69 bits per heavy atom. The predicted molar refractivity (Wildman–Crippen MR) is 186 cm³/mol. The zero-order chi connectivity index (χ0) is 32.9. The number of carbonyl (C=O) groups is 1. The third kappa shape index (κ3) is 6.02. The first-order valence-electron chi connectivity index (χ1n) is 17.8. The predicted octanol–water partition coefficient (Wildman–Crippen LogP) is 8.32. The Morgan fingerprint density at radius 3 is 2.35 bits per heavy atom. The minimum Gasteiger partial charge on any atom is -0.496 e.